The second-order valence-electron chi connectivity index (χ2n) is 3.82. The number of aryl methyl sites for hydroxylation is 2. The first kappa shape index (κ1) is 12.2. The van der Waals surface area contributed by atoms with Crippen LogP contribution in [0.5, 0.6) is 0 Å². The van der Waals surface area contributed by atoms with Crippen LogP contribution in [0.1, 0.15) is 34.8 Å². The highest BCUT2D eigenvalue weighted by Crippen LogP contribution is 2.13. The number of carbonyl (C=O) groups is 2. The molecule has 1 aromatic carbocycles. The highest BCUT2D eigenvalue weighted by atomic mass is 16.1. The van der Waals surface area contributed by atoms with E-state index in [-0.39, 0.29) is 11.6 Å². The molecule has 0 aliphatic carbocycles. The van der Waals surface area contributed by atoms with Crippen molar-refractivity contribution in [3.05, 3.63) is 34.9 Å². The summed E-state index contributed by atoms with van der Waals surface area (Å²) < 4.78 is 0. The van der Waals surface area contributed by atoms with Gasteiger partial charge in [0.15, 0.2) is 0 Å². The van der Waals surface area contributed by atoms with Crippen molar-refractivity contribution in [2.45, 2.75) is 26.7 Å². The number of ketones is 2. The van der Waals surface area contributed by atoms with Crippen LogP contribution in [0.4, 0.5) is 0 Å². The third-order valence-corrected chi connectivity index (χ3v) is 2.44. The van der Waals surface area contributed by atoms with Gasteiger partial charge in [-0.25, -0.2) is 0 Å². The van der Waals surface area contributed by atoms with Crippen LogP contribution in [0, 0.1) is 19.3 Å². The Bertz CT molecular complexity index is 464. The van der Waals surface area contributed by atoms with E-state index in [0.717, 1.165) is 11.1 Å². The smallest absolute Gasteiger partial charge is 0.235 e. The van der Waals surface area contributed by atoms with Gasteiger partial charge in [-0.2, -0.15) is 0 Å². The molecule has 0 aliphatic rings. The highest BCUT2D eigenvalue weighted by Gasteiger charge is 2.07. The zero-order valence-electron chi connectivity index (χ0n) is 9.54. The zero-order chi connectivity index (χ0) is 12.1. The van der Waals surface area contributed by atoms with Gasteiger partial charge in [0.05, 0.1) is 0 Å². The van der Waals surface area contributed by atoms with Gasteiger partial charge in [0, 0.05) is 12.0 Å². The van der Waals surface area contributed by atoms with Gasteiger partial charge in [-0.05, 0) is 43.4 Å². The van der Waals surface area contributed by atoms with Crippen molar-refractivity contribution in [1.82, 2.24) is 0 Å². The van der Waals surface area contributed by atoms with Gasteiger partial charge in [0.2, 0.25) is 5.78 Å². The molecule has 16 heavy (non-hydrogen) atoms. The summed E-state index contributed by atoms with van der Waals surface area (Å²) in [5.74, 6) is 1.95. The minimum atomic E-state index is -0.304. The van der Waals surface area contributed by atoms with E-state index in [1.807, 2.05) is 19.1 Å². The van der Waals surface area contributed by atoms with Crippen LogP contribution < -0.4 is 0 Å². The van der Waals surface area contributed by atoms with E-state index in [2.05, 4.69) is 5.92 Å². The molecule has 0 amide bonds. The molecule has 1 aromatic rings. The molecule has 0 heterocycles. The minimum Gasteiger partial charge on any atom is -0.300 e. The molecule has 2 nitrogen and oxygen atoms in total. The van der Waals surface area contributed by atoms with Crippen LogP contribution in [0.2, 0.25) is 0 Å². The van der Waals surface area contributed by atoms with E-state index >= 15 is 0 Å². The summed E-state index contributed by atoms with van der Waals surface area (Å²) >= 11 is 0. The van der Waals surface area contributed by atoms with Gasteiger partial charge in [-0.1, -0.05) is 12.1 Å². The minimum absolute atomic E-state index is 0.144. The molecule has 0 radical (unpaired) electrons. The van der Waals surface area contributed by atoms with Crippen molar-refractivity contribution >= 4 is 11.6 Å². The number of rotatable bonds is 4. The summed E-state index contributed by atoms with van der Waals surface area (Å²) in [6, 6.07) is 5.56. The van der Waals surface area contributed by atoms with Crippen molar-refractivity contribution in [3.8, 4) is 12.3 Å². The lowest BCUT2D eigenvalue weighted by Gasteiger charge is -2.04. The second-order valence-corrected chi connectivity index (χ2v) is 3.82. The summed E-state index contributed by atoms with van der Waals surface area (Å²) in [5, 5.41) is 0. The monoisotopic (exact) mass is 214 g/mol. The van der Waals surface area contributed by atoms with Crippen LogP contribution >= 0.6 is 0 Å². The SMILES string of the molecule is C#CC(=O)c1cc(CCC(C)=O)ccc1C. The van der Waals surface area contributed by atoms with Crippen LogP contribution in [0.25, 0.3) is 0 Å². The Kier molecular flexibility index (Phi) is 4.02. The average Bonchev–Trinajstić information content (AvgIpc) is 2.27. The fraction of sp³-hybridized carbons (Fsp3) is 0.286. The third kappa shape index (κ3) is 3.06. The Labute approximate surface area is 95.7 Å². The number of benzene rings is 1. The summed E-state index contributed by atoms with van der Waals surface area (Å²) in [6.45, 7) is 3.40. The van der Waals surface area contributed by atoms with E-state index in [1.54, 1.807) is 13.0 Å². The summed E-state index contributed by atoms with van der Waals surface area (Å²) in [7, 11) is 0. The largest absolute Gasteiger partial charge is 0.300 e. The summed E-state index contributed by atoms with van der Waals surface area (Å²) in [4.78, 5) is 22.3. The standard InChI is InChI=1S/C14H14O2/c1-4-14(16)13-9-12(7-5-10(13)2)8-6-11(3)15/h1,5,7,9H,6,8H2,2-3H3. The third-order valence-electron chi connectivity index (χ3n) is 2.44. The predicted molar refractivity (Wildman–Crippen MR) is 63.3 cm³/mol. The fourth-order valence-corrected chi connectivity index (χ4v) is 1.47. The number of hydrogen-bond donors (Lipinski definition) is 0. The van der Waals surface area contributed by atoms with E-state index in [4.69, 9.17) is 6.42 Å². The van der Waals surface area contributed by atoms with E-state index < -0.39 is 0 Å². The molecule has 0 spiro atoms. The lowest BCUT2D eigenvalue weighted by molar-refractivity contribution is -0.116. The van der Waals surface area contributed by atoms with Gasteiger partial charge in [0.1, 0.15) is 5.78 Å². The van der Waals surface area contributed by atoms with Crippen LogP contribution in [-0.2, 0) is 11.2 Å². The average molecular weight is 214 g/mol. The quantitative estimate of drug-likeness (QED) is 0.438. The fourth-order valence-electron chi connectivity index (χ4n) is 1.47. The maximum Gasteiger partial charge on any atom is 0.235 e. The first-order valence-corrected chi connectivity index (χ1v) is 5.14. The molecule has 0 bridgehead atoms. The molecule has 0 N–H and O–H groups in total. The topological polar surface area (TPSA) is 34.1 Å². The predicted octanol–water partition coefficient (Wildman–Crippen LogP) is 2.33. The molecule has 82 valence electrons. The maximum absolute atomic E-state index is 11.4. The summed E-state index contributed by atoms with van der Waals surface area (Å²) in [5.41, 5.74) is 2.40. The molecule has 0 atom stereocenters. The summed E-state index contributed by atoms with van der Waals surface area (Å²) in [6.07, 6.45) is 6.24. The Morgan fingerprint density at radius 1 is 1.38 bits per heavy atom. The van der Waals surface area contributed by atoms with E-state index in [0.29, 0.717) is 18.4 Å². The normalized spacial score (nSPS) is 9.56. The molecule has 0 saturated carbocycles. The van der Waals surface area contributed by atoms with E-state index in [9.17, 15) is 9.59 Å². The molecule has 0 saturated heterocycles. The molecule has 2 heteroatoms. The number of terminal acetylenes is 1. The molecule has 0 aliphatic heterocycles. The van der Waals surface area contributed by atoms with Gasteiger partial charge >= 0.3 is 0 Å². The van der Waals surface area contributed by atoms with E-state index in [1.165, 1.54) is 0 Å². The van der Waals surface area contributed by atoms with Gasteiger partial charge < -0.3 is 4.79 Å². The van der Waals surface area contributed by atoms with Crippen LogP contribution in [0.15, 0.2) is 18.2 Å². The van der Waals surface area contributed by atoms with Crippen LogP contribution in [-0.4, -0.2) is 11.6 Å². The second kappa shape index (κ2) is 5.27. The Morgan fingerprint density at radius 3 is 2.62 bits per heavy atom. The number of hydrogen-bond acceptors (Lipinski definition) is 2. The Balaban J connectivity index is 2.95. The van der Waals surface area contributed by atoms with Crippen LogP contribution in [0.3, 0.4) is 0 Å². The Hall–Kier alpha value is -1.88. The van der Waals surface area contributed by atoms with Gasteiger partial charge in [-0.15, -0.1) is 6.42 Å². The van der Waals surface area contributed by atoms with Crippen molar-refractivity contribution in [2.75, 3.05) is 0 Å². The maximum atomic E-state index is 11.4. The first-order chi connectivity index (χ1) is 7.54. The molecule has 1 rings (SSSR count). The van der Waals surface area contributed by atoms with Crippen molar-refractivity contribution < 1.29 is 9.59 Å². The van der Waals surface area contributed by atoms with Gasteiger partial charge in [0.25, 0.3) is 0 Å². The highest BCUT2D eigenvalue weighted by molar-refractivity contribution is 6.09. The molecular weight excluding hydrogens is 200 g/mol. The Morgan fingerprint density at radius 2 is 2.06 bits per heavy atom. The zero-order valence-corrected chi connectivity index (χ0v) is 9.54. The van der Waals surface area contributed by atoms with Crippen molar-refractivity contribution in [1.29, 1.82) is 0 Å². The molecular formula is C14H14O2. The van der Waals surface area contributed by atoms with Gasteiger partial charge in [-0.3, -0.25) is 4.79 Å². The molecule has 0 fully saturated rings. The lowest BCUT2D eigenvalue weighted by Crippen LogP contribution is -2.01. The van der Waals surface area contributed by atoms with Crippen molar-refractivity contribution in [3.63, 3.8) is 0 Å². The number of Topliss-reactive ketones (excluding diaryl/α,β-unsaturated/α-hetero) is 2. The number of carbonyl (C=O) groups excluding carboxylic acids is 2. The first-order valence-electron chi connectivity index (χ1n) is 5.14. The lowest BCUT2D eigenvalue weighted by atomic mass is 9.99. The molecule has 0 unspecified atom stereocenters. The van der Waals surface area contributed by atoms with Crippen molar-refractivity contribution in [2.24, 2.45) is 0 Å². The molecule has 0 aromatic heterocycles.